The Hall–Kier alpha value is -2.27. The quantitative estimate of drug-likeness (QED) is 0.865. The van der Waals surface area contributed by atoms with Gasteiger partial charge in [0, 0.05) is 25.2 Å². The number of hydrogen-bond acceptors (Lipinski definition) is 4. The fourth-order valence-electron chi connectivity index (χ4n) is 2.80. The molecule has 23 heavy (non-hydrogen) atoms. The molecule has 0 bridgehead atoms. The minimum Gasteiger partial charge on any atom is -0.493 e. The second-order valence-electron chi connectivity index (χ2n) is 5.32. The average Bonchev–Trinajstić information content (AvgIpc) is 2.60. The molecule has 0 saturated carbocycles. The lowest BCUT2D eigenvalue weighted by Crippen LogP contribution is -2.34. The Bertz CT molecular complexity index is 736. The van der Waals surface area contributed by atoms with Crippen LogP contribution < -0.4 is 9.47 Å². The Morgan fingerprint density at radius 3 is 3.00 bits per heavy atom. The molecule has 3 rings (SSSR count). The predicted octanol–water partition coefficient (Wildman–Crippen LogP) is 3.34. The Kier molecular flexibility index (Phi) is 4.39. The molecule has 120 valence electrons. The summed E-state index contributed by atoms with van der Waals surface area (Å²) in [6.45, 7) is 0.574. The van der Waals surface area contributed by atoms with Crippen molar-refractivity contribution in [1.29, 1.82) is 0 Å². The summed E-state index contributed by atoms with van der Waals surface area (Å²) in [7, 11) is 3.26. The summed E-state index contributed by atoms with van der Waals surface area (Å²) in [5.41, 5.74) is 1.36. The van der Waals surface area contributed by atoms with Gasteiger partial charge in [0.25, 0.3) is 5.91 Å². The maximum atomic E-state index is 12.9. The molecule has 6 heteroatoms. The van der Waals surface area contributed by atoms with Gasteiger partial charge in [-0.15, -0.1) is 0 Å². The van der Waals surface area contributed by atoms with Gasteiger partial charge in [-0.1, -0.05) is 29.8 Å². The predicted molar refractivity (Wildman–Crippen MR) is 87.2 cm³/mol. The van der Waals surface area contributed by atoms with E-state index in [9.17, 15) is 4.79 Å². The summed E-state index contributed by atoms with van der Waals surface area (Å²) >= 11 is 5.98. The topological polar surface area (TPSA) is 51.7 Å². The van der Waals surface area contributed by atoms with Crippen molar-refractivity contribution >= 4 is 17.5 Å². The monoisotopic (exact) mass is 332 g/mol. The Morgan fingerprint density at radius 2 is 2.22 bits per heavy atom. The number of carbonyl (C=O) groups excluding carboxylic acids is 1. The first-order chi connectivity index (χ1) is 11.1. The third kappa shape index (κ3) is 2.97. The molecule has 1 aliphatic rings. The van der Waals surface area contributed by atoms with E-state index in [1.54, 1.807) is 18.0 Å². The molecule has 0 radical (unpaired) electrons. The van der Waals surface area contributed by atoms with E-state index < -0.39 is 0 Å². The number of nitrogens with zero attached hydrogens (tertiary/aromatic N) is 2. The van der Waals surface area contributed by atoms with Crippen molar-refractivity contribution in [3.05, 3.63) is 52.7 Å². The minimum atomic E-state index is -0.182. The molecule has 0 saturated heterocycles. The van der Waals surface area contributed by atoms with Crippen LogP contribution in [0.3, 0.4) is 0 Å². The number of benzene rings is 1. The van der Waals surface area contributed by atoms with Crippen LogP contribution in [0.4, 0.5) is 0 Å². The number of hydrogen-bond donors (Lipinski definition) is 0. The van der Waals surface area contributed by atoms with Crippen LogP contribution in [-0.2, 0) is 0 Å². The highest BCUT2D eigenvalue weighted by atomic mass is 35.5. The third-order valence-electron chi connectivity index (χ3n) is 3.96. The van der Waals surface area contributed by atoms with Gasteiger partial charge in [-0.25, -0.2) is 4.98 Å². The zero-order valence-corrected chi connectivity index (χ0v) is 13.7. The Morgan fingerprint density at radius 1 is 1.43 bits per heavy atom. The molecule has 1 aromatic carbocycles. The Labute approximate surface area is 139 Å². The number of halogens is 1. The SMILES string of the molecule is COc1ncc(Cl)cc1C(=O)N(C)C1CCOc2ccccc21. The summed E-state index contributed by atoms with van der Waals surface area (Å²) in [6, 6.07) is 9.29. The van der Waals surface area contributed by atoms with E-state index in [1.807, 2.05) is 24.3 Å². The summed E-state index contributed by atoms with van der Waals surface area (Å²) in [6.07, 6.45) is 2.19. The van der Waals surface area contributed by atoms with Crippen molar-refractivity contribution in [3.8, 4) is 11.6 Å². The van der Waals surface area contributed by atoms with Gasteiger partial charge in [-0.2, -0.15) is 0 Å². The summed E-state index contributed by atoms with van der Waals surface area (Å²) in [5, 5.41) is 0.398. The molecule has 1 atom stereocenters. The molecule has 5 nitrogen and oxygen atoms in total. The van der Waals surface area contributed by atoms with Crippen molar-refractivity contribution in [2.75, 3.05) is 20.8 Å². The van der Waals surface area contributed by atoms with E-state index in [1.165, 1.54) is 13.3 Å². The Balaban J connectivity index is 1.94. The van der Waals surface area contributed by atoms with Gasteiger partial charge in [-0.3, -0.25) is 4.79 Å². The van der Waals surface area contributed by atoms with Crippen LogP contribution >= 0.6 is 11.6 Å². The zero-order chi connectivity index (χ0) is 16.4. The van der Waals surface area contributed by atoms with Gasteiger partial charge in [0.15, 0.2) is 0 Å². The van der Waals surface area contributed by atoms with E-state index >= 15 is 0 Å². The molecular formula is C17H17ClN2O3. The van der Waals surface area contributed by atoms with E-state index in [4.69, 9.17) is 21.1 Å². The van der Waals surface area contributed by atoms with Gasteiger partial charge in [-0.05, 0) is 12.1 Å². The number of rotatable bonds is 3. The highest BCUT2D eigenvalue weighted by Gasteiger charge is 2.29. The van der Waals surface area contributed by atoms with Crippen LogP contribution in [0.5, 0.6) is 11.6 Å². The zero-order valence-electron chi connectivity index (χ0n) is 13.0. The fraction of sp³-hybridized carbons (Fsp3) is 0.294. The maximum absolute atomic E-state index is 12.9. The molecule has 0 N–H and O–H groups in total. The summed E-state index contributed by atoms with van der Waals surface area (Å²) < 4.78 is 10.8. The third-order valence-corrected chi connectivity index (χ3v) is 4.16. The lowest BCUT2D eigenvalue weighted by atomic mass is 9.98. The van der Waals surface area contributed by atoms with E-state index in [0.717, 1.165) is 17.7 Å². The molecule has 1 aromatic heterocycles. The molecular weight excluding hydrogens is 316 g/mol. The van der Waals surface area contributed by atoms with Crippen LogP contribution in [0.25, 0.3) is 0 Å². The van der Waals surface area contributed by atoms with Gasteiger partial charge in [0.2, 0.25) is 5.88 Å². The highest BCUT2D eigenvalue weighted by molar-refractivity contribution is 6.30. The summed E-state index contributed by atoms with van der Waals surface area (Å²) in [4.78, 5) is 18.6. The van der Waals surface area contributed by atoms with Crippen LogP contribution in [0, 0.1) is 0 Å². The lowest BCUT2D eigenvalue weighted by Gasteiger charge is -2.33. The lowest BCUT2D eigenvalue weighted by molar-refractivity contribution is 0.0682. The van der Waals surface area contributed by atoms with Crippen molar-refractivity contribution in [2.24, 2.45) is 0 Å². The molecule has 2 heterocycles. The maximum Gasteiger partial charge on any atom is 0.259 e. The van der Waals surface area contributed by atoms with Gasteiger partial charge in [0.1, 0.15) is 11.3 Å². The van der Waals surface area contributed by atoms with Crippen molar-refractivity contribution < 1.29 is 14.3 Å². The average molecular weight is 333 g/mol. The molecule has 1 aliphatic heterocycles. The largest absolute Gasteiger partial charge is 0.493 e. The number of pyridine rings is 1. The number of aromatic nitrogens is 1. The minimum absolute atomic E-state index is 0.0591. The molecule has 1 amide bonds. The van der Waals surface area contributed by atoms with Crippen molar-refractivity contribution in [3.63, 3.8) is 0 Å². The van der Waals surface area contributed by atoms with Crippen molar-refractivity contribution in [2.45, 2.75) is 12.5 Å². The number of methoxy groups -OCH3 is 1. The van der Waals surface area contributed by atoms with Crippen LogP contribution in [-0.4, -0.2) is 36.6 Å². The molecule has 2 aromatic rings. The first kappa shape index (κ1) is 15.6. The number of fused-ring (bicyclic) bond motifs is 1. The van der Waals surface area contributed by atoms with Crippen LogP contribution in [0.15, 0.2) is 36.5 Å². The number of amides is 1. The second kappa shape index (κ2) is 6.46. The first-order valence-corrected chi connectivity index (χ1v) is 7.68. The molecule has 1 unspecified atom stereocenters. The highest BCUT2D eigenvalue weighted by Crippen LogP contribution is 2.36. The fourth-order valence-corrected chi connectivity index (χ4v) is 2.96. The number of ether oxygens (including phenoxy) is 2. The van der Waals surface area contributed by atoms with Gasteiger partial charge < -0.3 is 14.4 Å². The van der Waals surface area contributed by atoms with Gasteiger partial charge in [0.05, 0.1) is 24.8 Å². The van der Waals surface area contributed by atoms with Crippen LogP contribution in [0.2, 0.25) is 5.02 Å². The first-order valence-electron chi connectivity index (χ1n) is 7.30. The van der Waals surface area contributed by atoms with E-state index in [-0.39, 0.29) is 17.8 Å². The molecule has 0 fully saturated rings. The van der Waals surface area contributed by atoms with E-state index in [2.05, 4.69) is 4.98 Å². The van der Waals surface area contributed by atoms with Crippen molar-refractivity contribution in [1.82, 2.24) is 9.88 Å². The standard InChI is InChI=1S/C17H17ClN2O3/c1-20(14-7-8-23-15-6-4-3-5-12(14)15)17(21)13-9-11(18)10-19-16(13)22-2/h3-6,9-10,14H,7-8H2,1-2H3. The van der Waals surface area contributed by atoms with Crippen LogP contribution in [0.1, 0.15) is 28.4 Å². The molecule has 0 aliphatic carbocycles. The molecule has 0 spiro atoms. The summed E-state index contributed by atoms with van der Waals surface area (Å²) in [5.74, 6) is 0.907. The number of carbonyl (C=O) groups is 1. The smallest absolute Gasteiger partial charge is 0.259 e. The normalized spacial score (nSPS) is 16.2. The second-order valence-corrected chi connectivity index (χ2v) is 5.75. The van der Waals surface area contributed by atoms with E-state index in [0.29, 0.717) is 17.2 Å². The van der Waals surface area contributed by atoms with Gasteiger partial charge >= 0.3 is 0 Å². The number of para-hydroxylation sites is 1.